The van der Waals surface area contributed by atoms with Crippen LogP contribution in [0.15, 0.2) is 18.2 Å². The van der Waals surface area contributed by atoms with Crippen molar-refractivity contribution in [2.45, 2.75) is 13.1 Å². The third-order valence-corrected chi connectivity index (χ3v) is 2.54. The number of benzene rings is 1. The number of hydrogen-bond donors (Lipinski definition) is 1. The Morgan fingerprint density at radius 2 is 2.06 bits per heavy atom. The topological polar surface area (TPSA) is 29.1 Å². The molecule has 0 aliphatic rings. The number of nitrogens with one attached hydrogen (secondary N) is 1. The summed E-state index contributed by atoms with van der Waals surface area (Å²) in [6.45, 7) is 1.94. The standard InChI is InChI=1S/C10H9F3INO/c1-2-15-9(16)7-4-3-6(14)5-8(7)10(11,12)13/h3-5H,2H2,1H3,(H,15,16). The molecule has 0 saturated carbocycles. The van der Waals surface area contributed by atoms with Crippen molar-refractivity contribution in [1.82, 2.24) is 5.32 Å². The minimum atomic E-state index is -4.51. The van der Waals surface area contributed by atoms with E-state index in [4.69, 9.17) is 0 Å². The molecule has 0 aliphatic heterocycles. The molecule has 0 radical (unpaired) electrons. The SMILES string of the molecule is CCNC(=O)c1ccc(I)cc1C(F)(F)F. The van der Waals surface area contributed by atoms with Gasteiger partial charge in [0.15, 0.2) is 0 Å². The van der Waals surface area contributed by atoms with E-state index in [9.17, 15) is 18.0 Å². The molecular formula is C10H9F3INO. The van der Waals surface area contributed by atoms with Gasteiger partial charge in [-0.1, -0.05) is 0 Å². The van der Waals surface area contributed by atoms with E-state index in [2.05, 4.69) is 5.32 Å². The summed E-state index contributed by atoms with van der Waals surface area (Å²) in [5.41, 5.74) is -1.24. The second kappa shape index (κ2) is 5.03. The summed E-state index contributed by atoms with van der Waals surface area (Å²) in [6, 6.07) is 3.63. The van der Waals surface area contributed by atoms with Gasteiger partial charge in [0.25, 0.3) is 5.91 Å². The molecule has 16 heavy (non-hydrogen) atoms. The van der Waals surface area contributed by atoms with E-state index in [1.165, 1.54) is 12.1 Å². The third-order valence-electron chi connectivity index (χ3n) is 1.87. The van der Waals surface area contributed by atoms with E-state index in [0.29, 0.717) is 10.1 Å². The van der Waals surface area contributed by atoms with Crippen LogP contribution in [0.1, 0.15) is 22.8 Å². The summed E-state index contributed by atoms with van der Waals surface area (Å²) in [5.74, 6) is -0.703. The zero-order chi connectivity index (χ0) is 12.3. The molecule has 0 spiro atoms. The van der Waals surface area contributed by atoms with Crippen molar-refractivity contribution in [3.05, 3.63) is 32.9 Å². The van der Waals surface area contributed by atoms with E-state index in [1.807, 2.05) is 0 Å². The van der Waals surface area contributed by atoms with Crippen LogP contribution in [0, 0.1) is 3.57 Å². The molecule has 0 heterocycles. The maximum absolute atomic E-state index is 12.6. The first kappa shape index (κ1) is 13.3. The highest BCUT2D eigenvalue weighted by Crippen LogP contribution is 2.33. The van der Waals surface area contributed by atoms with Gasteiger partial charge in [-0.25, -0.2) is 0 Å². The van der Waals surface area contributed by atoms with E-state index in [0.717, 1.165) is 6.07 Å². The number of rotatable bonds is 2. The first-order valence-corrected chi connectivity index (χ1v) is 5.59. The van der Waals surface area contributed by atoms with Crippen molar-refractivity contribution in [3.8, 4) is 0 Å². The van der Waals surface area contributed by atoms with Crippen LogP contribution in [0.4, 0.5) is 13.2 Å². The first-order valence-electron chi connectivity index (χ1n) is 4.51. The van der Waals surface area contributed by atoms with Crippen LogP contribution >= 0.6 is 22.6 Å². The lowest BCUT2D eigenvalue weighted by Crippen LogP contribution is -2.26. The lowest BCUT2D eigenvalue weighted by atomic mass is 10.1. The molecular weight excluding hydrogens is 334 g/mol. The van der Waals surface area contributed by atoms with E-state index in [1.54, 1.807) is 29.5 Å². The predicted octanol–water partition coefficient (Wildman–Crippen LogP) is 3.06. The number of carbonyl (C=O) groups excluding carboxylic acids is 1. The molecule has 0 aliphatic carbocycles. The monoisotopic (exact) mass is 343 g/mol. The maximum Gasteiger partial charge on any atom is 0.417 e. The minimum absolute atomic E-state index is 0.294. The lowest BCUT2D eigenvalue weighted by molar-refractivity contribution is -0.138. The van der Waals surface area contributed by atoms with E-state index >= 15 is 0 Å². The normalized spacial score (nSPS) is 11.3. The Bertz CT molecular complexity index is 404. The summed E-state index contributed by atoms with van der Waals surface area (Å²) in [6.07, 6.45) is -4.51. The van der Waals surface area contributed by atoms with Gasteiger partial charge in [-0.15, -0.1) is 0 Å². The van der Waals surface area contributed by atoms with Crippen LogP contribution in [0.3, 0.4) is 0 Å². The van der Waals surface area contributed by atoms with Gasteiger partial charge >= 0.3 is 6.18 Å². The third kappa shape index (κ3) is 3.10. The van der Waals surface area contributed by atoms with Gasteiger partial charge < -0.3 is 5.32 Å². The molecule has 0 aromatic heterocycles. The molecule has 1 N–H and O–H groups in total. The fraction of sp³-hybridized carbons (Fsp3) is 0.300. The number of alkyl halides is 3. The van der Waals surface area contributed by atoms with Gasteiger partial charge in [-0.2, -0.15) is 13.2 Å². The van der Waals surface area contributed by atoms with Crippen LogP contribution in [0.2, 0.25) is 0 Å². The molecule has 1 rings (SSSR count). The lowest BCUT2D eigenvalue weighted by Gasteiger charge is -2.12. The summed E-state index contributed by atoms with van der Waals surface area (Å²) in [4.78, 5) is 11.4. The smallest absolute Gasteiger partial charge is 0.352 e. The van der Waals surface area contributed by atoms with Crippen LogP contribution in [-0.2, 0) is 6.18 Å². The highest BCUT2D eigenvalue weighted by Gasteiger charge is 2.35. The number of hydrogen-bond acceptors (Lipinski definition) is 1. The number of amides is 1. The van der Waals surface area contributed by atoms with Gasteiger partial charge in [0.05, 0.1) is 11.1 Å². The summed E-state index contributed by atoms with van der Waals surface area (Å²) in [7, 11) is 0. The Hall–Kier alpha value is -0.790. The van der Waals surface area contributed by atoms with E-state index in [-0.39, 0.29) is 5.56 Å². The zero-order valence-electron chi connectivity index (χ0n) is 8.36. The Morgan fingerprint density at radius 3 is 2.56 bits per heavy atom. The highest BCUT2D eigenvalue weighted by atomic mass is 127. The Balaban J connectivity index is 3.23. The van der Waals surface area contributed by atoms with Crippen LogP contribution < -0.4 is 5.32 Å². The summed E-state index contributed by atoms with van der Waals surface area (Å²) < 4.78 is 38.4. The molecule has 0 saturated heterocycles. The van der Waals surface area contributed by atoms with Gasteiger partial charge in [0.2, 0.25) is 0 Å². The average molecular weight is 343 g/mol. The molecule has 1 aromatic rings. The second-order valence-corrected chi connectivity index (χ2v) is 4.29. The van der Waals surface area contributed by atoms with Crippen molar-refractivity contribution < 1.29 is 18.0 Å². The van der Waals surface area contributed by atoms with Gasteiger partial charge in [-0.3, -0.25) is 4.79 Å². The highest BCUT2D eigenvalue weighted by molar-refractivity contribution is 14.1. The molecule has 1 amide bonds. The Labute approximate surface area is 104 Å². The molecule has 0 bridgehead atoms. The van der Waals surface area contributed by atoms with Crippen molar-refractivity contribution in [3.63, 3.8) is 0 Å². The molecule has 88 valence electrons. The minimum Gasteiger partial charge on any atom is -0.352 e. The maximum atomic E-state index is 12.6. The molecule has 2 nitrogen and oxygen atoms in total. The van der Waals surface area contributed by atoms with Gasteiger partial charge in [-0.05, 0) is 47.7 Å². The van der Waals surface area contributed by atoms with Gasteiger partial charge in [0.1, 0.15) is 0 Å². The second-order valence-electron chi connectivity index (χ2n) is 3.05. The van der Waals surface area contributed by atoms with Crippen LogP contribution in [0.25, 0.3) is 0 Å². The fourth-order valence-electron chi connectivity index (χ4n) is 1.20. The van der Waals surface area contributed by atoms with Crippen molar-refractivity contribution in [2.24, 2.45) is 0 Å². The largest absolute Gasteiger partial charge is 0.417 e. The summed E-state index contributed by atoms with van der Waals surface area (Å²) in [5, 5.41) is 2.35. The average Bonchev–Trinajstić information content (AvgIpc) is 2.16. The van der Waals surface area contributed by atoms with Crippen LogP contribution in [-0.4, -0.2) is 12.5 Å². The fourth-order valence-corrected chi connectivity index (χ4v) is 1.70. The zero-order valence-corrected chi connectivity index (χ0v) is 10.5. The molecule has 6 heteroatoms. The van der Waals surface area contributed by atoms with Crippen molar-refractivity contribution >= 4 is 28.5 Å². The first-order chi connectivity index (χ1) is 7.36. The predicted molar refractivity (Wildman–Crippen MR) is 62.2 cm³/mol. The molecule has 1 aromatic carbocycles. The summed E-state index contributed by atoms with van der Waals surface area (Å²) >= 11 is 1.78. The quantitative estimate of drug-likeness (QED) is 0.822. The van der Waals surface area contributed by atoms with Crippen LogP contribution in [0.5, 0.6) is 0 Å². The molecule has 0 atom stereocenters. The van der Waals surface area contributed by atoms with Crippen molar-refractivity contribution in [2.75, 3.05) is 6.54 Å². The molecule has 0 unspecified atom stereocenters. The Kier molecular flexibility index (Phi) is 4.17. The molecule has 0 fully saturated rings. The van der Waals surface area contributed by atoms with Crippen molar-refractivity contribution in [1.29, 1.82) is 0 Å². The van der Waals surface area contributed by atoms with Gasteiger partial charge in [0, 0.05) is 10.1 Å². The van der Waals surface area contributed by atoms with E-state index < -0.39 is 17.6 Å². The number of halogens is 4. The number of carbonyl (C=O) groups is 1. The Morgan fingerprint density at radius 1 is 1.44 bits per heavy atom.